The van der Waals surface area contributed by atoms with Crippen molar-refractivity contribution >= 4 is 5.91 Å². The van der Waals surface area contributed by atoms with Crippen LogP contribution in [-0.4, -0.2) is 25.2 Å². The second-order valence-corrected chi connectivity index (χ2v) is 6.49. The molecule has 0 saturated carbocycles. The highest BCUT2D eigenvalue weighted by Gasteiger charge is 2.19. The Balaban J connectivity index is 1.68. The first-order valence-corrected chi connectivity index (χ1v) is 8.85. The van der Waals surface area contributed by atoms with Gasteiger partial charge in [0.25, 0.3) is 5.91 Å². The Hall–Kier alpha value is -2.33. The summed E-state index contributed by atoms with van der Waals surface area (Å²) in [7, 11) is 0. The highest BCUT2D eigenvalue weighted by atomic mass is 16.5. The molecule has 0 bridgehead atoms. The molecule has 2 unspecified atom stereocenters. The number of carbonyl (C=O) groups excluding carboxylic acids is 1. The fourth-order valence-corrected chi connectivity index (χ4v) is 3.16. The zero-order valence-corrected chi connectivity index (χ0v) is 14.8. The molecule has 1 aliphatic rings. The molecule has 0 aromatic heterocycles. The molecule has 1 aliphatic heterocycles. The summed E-state index contributed by atoms with van der Waals surface area (Å²) in [5, 5.41) is 3.07. The van der Waals surface area contributed by atoms with Crippen LogP contribution in [0.5, 0.6) is 5.75 Å². The van der Waals surface area contributed by atoms with E-state index in [1.54, 1.807) is 6.07 Å². The van der Waals surface area contributed by atoms with E-state index in [0.29, 0.717) is 17.9 Å². The van der Waals surface area contributed by atoms with Gasteiger partial charge in [0.1, 0.15) is 12.4 Å². The van der Waals surface area contributed by atoms with Gasteiger partial charge >= 0.3 is 0 Å². The monoisotopic (exact) mass is 339 g/mol. The van der Waals surface area contributed by atoms with Gasteiger partial charge in [0.2, 0.25) is 0 Å². The maximum Gasteiger partial charge on any atom is 0.255 e. The van der Waals surface area contributed by atoms with Crippen molar-refractivity contribution in [3.8, 4) is 5.75 Å². The Morgan fingerprint density at radius 1 is 1.24 bits per heavy atom. The first-order chi connectivity index (χ1) is 12.1. The molecule has 4 heteroatoms. The molecule has 4 nitrogen and oxygen atoms in total. The van der Waals surface area contributed by atoms with Crippen molar-refractivity contribution in [2.24, 2.45) is 0 Å². The fraction of sp³-hybridized carbons (Fsp3) is 0.381. The first-order valence-electron chi connectivity index (χ1n) is 8.85. The smallest absolute Gasteiger partial charge is 0.255 e. The van der Waals surface area contributed by atoms with Gasteiger partial charge in [0, 0.05) is 6.61 Å². The van der Waals surface area contributed by atoms with E-state index < -0.39 is 0 Å². The molecule has 1 heterocycles. The maximum atomic E-state index is 12.7. The van der Waals surface area contributed by atoms with E-state index in [-0.39, 0.29) is 18.1 Å². The molecular formula is C21H25NO3. The van der Waals surface area contributed by atoms with Gasteiger partial charge in [-0.25, -0.2) is 0 Å². The predicted octanol–water partition coefficient (Wildman–Crippen LogP) is 4.04. The topological polar surface area (TPSA) is 47.6 Å². The molecule has 1 saturated heterocycles. The van der Waals surface area contributed by atoms with Crippen LogP contribution in [0.15, 0.2) is 48.5 Å². The minimum Gasteiger partial charge on any atom is -0.490 e. The number of rotatable bonds is 6. The third-order valence-corrected chi connectivity index (χ3v) is 4.58. The average Bonchev–Trinajstić information content (AvgIpc) is 3.14. The molecule has 132 valence electrons. The van der Waals surface area contributed by atoms with Crippen LogP contribution in [0, 0.1) is 6.92 Å². The van der Waals surface area contributed by atoms with Gasteiger partial charge in [-0.3, -0.25) is 4.79 Å². The van der Waals surface area contributed by atoms with Gasteiger partial charge in [-0.15, -0.1) is 0 Å². The van der Waals surface area contributed by atoms with E-state index >= 15 is 0 Å². The van der Waals surface area contributed by atoms with Gasteiger partial charge in [0.05, 0.1) is 17.7 Å². The highest BCUT2D eigenvalue weighted by molar-refractivity contribution is 5.97. The van der Waals surface area contributed by atoms with Crippen LogP contribution in [0.1, 0.15) is 47.3 Å². The molecule has 25 heavy (non-hydrogen) atoms. The van der Waals surface area contributed by atoms with Gasteiger partial charge in [-0.2, -0.15) is 0 Å². The van der Waals surface area contributed by atoms with Crippen LogP contribution in [0.4, 0.5) is 0 Å². The number of amides is 1. The second kappa shape index (κ2) is 8.17. The van der Waals surface area contributed by atoms with Crippen molar-refractivity contribution < 1.29 is 14.3 Å². The minimum atomic E-state index is -0.126. The summed E-state index contributed by atoms with van der Waals surface area (Å²) in [5.74, 6) is 0.478. The lowest BCUT2D eigenvalue weighted by Crippen LogP contribution is -2.28. The first kappa shape index (κ1) is 17.5. The number of hydrogen-bond acceptors (Lipinski definition) is 3. The molecule has 0 radical (unpaired) electrons. The Bertz CT molecular complexity index is 723. The van der Waals surface area contributed by atoms with E-state index in [4.69, 9.17) is 9.47 Å². The molecule has 1 amide bonds. The number of ether oxygens (including phenoxy) is 2. The van der Waals surface area contributed by atoms with Gasteiger partial charge in [0.15, 0.2) is 0 Å². The van der Waals surface area contributed by atoms with Crippen molar-refractivity contribution in [3.05, 3.63) is 65.2 Å². The maximum absolute atomic E-state index is 12.7. The van der Waals surface area contributed by atoms with Gasteiger partial charge < -0.3 is 14.8 Å². The largest absolute Gasteiger partial charge is 0.490 e. The second-order valence-electron chi connectivity index (χ2n) is 6.49. The zero-order chi connectivity index (χ0) is 17.6. The van der Waals surface area contributed by atoms with Crippen molar-refractivity contribution in [2.45, 2.75) is 38.8 Å². The van der Waals surface area contributed by atoms with Crippen LogP contribution in [0.3, 0.4) is 0 Å². The lowest BCUT2D eigenvalue weighted by molar-refractivity contribution is 0.0670. The molecule has 2 atom stereocenters. The number of nitrogens with one attached hydrogen (secondary N) is 1. The number of aryl methyl sites for hydroxylation is 1. The summed E-state index contributed by atoms with van der Waals surface area (Å²) >= 11 is 0. The van der Waals surface area contributed by atoms with Crippen molar-refractivity contribution in [2.75, 3.05) is 13.2 Å². The van der Waals surface area contributed by atoms with E-state index in [9.17, 15) is 4.79 Å². The summed E-state index contributed by atoms with van der Waals surface area (Å²) in [5.41, 5.74) is 2.84. The summed E-state index contributed by atoms with van der Waals surface area (Å²) in [6, 6.07) is 15.4. The van der Waals surface area contributed by atoms with Gasteiger partial charge in [-0.1, -0.05) is 36.4 Å². The SMILES string of the molecule is Cc1ccccc1C(C)NC(=O)c1ccccc1OCC1CCCO1. The molecule has 3 rings (SSSR count). The normalized spacial score (nSPS) is 17.9. The number of para-hydroxylation sites is 1. The Morgan fingerprint density at radius 3 is 2.76 bits per heavy atom. The Labute approximate surface area is 149 Å². The lowest BCUT2D eigenvalue weighted by atomic mass is 10.0. The minimum absolute atomic E-state index is 0.0695. The fourth-order valence-electron chi connectivity index (χ4n) is 3.16. The standard InChI is InChI=1S/C21H25NO3/c1-15-8-3-4-10-18(15)16(2)22-21(23)19-11-5-6-12-20(19)25-14-17-9-7-13-24-17/h3-6,8,10-12,16-17H,7,9,13-14H2,1-2H3,(H,22,23). The molecule has 1 fully saturated rings. The molecule has 2 aromatic rings. The summed E-state index contributed by atoms with van der Waals surface area (Å²) in [6.45, 7) is 5.33. The van der Waals surface area contributed by atoms with Crippen molar-refractivity contribution in [1.29, 1.82) is 0 Å². The summed E-state index contributed by atoms with van der Waals surface area (Å²) < 4.78 is 11.5. The van der Waals surface area contributed by atoms with Gasteiger partial charge in [-0.05, 0) is 49.9 Å². The quantitative estimate of drug-likeness (QED) is 0.864. The average molecular weight is 339 g/mol. The third-order valence-electron chi connectivity index (χ3n) is 4.58. The Morgan fingerprint density at radius 2 is 2.00 bits per heavy atom. The van der Waals surface area contributed by atoms with Crippen LogP contribution >= 0.6 is 0 Å². The zero-order valence-electron chi connectivity index (χ0n) is 14.8. The van der Waals surface area contributed by atoms with Crippen LogP contribution < -0.4 is 10.1 Å². The number of benzene rings is 2. The van der Waals surface area contributed by atoms with E-state index in [1.807, 2.05) is 43.3 Å². The van der Waals surface area contributed by atoms with E-state index in [0.717, 1.165) is 25.0 Å². The van der Waals surface area contributed by atoms with Crippen LogP contribution in [0.2, 0.25) is 0 Å². The van der Waals surface area contributed by atoms with Crippen LogP contribution in [-0.2, 0) is 4.74 Å². The molecule has 0 aliphatic carbocycles. The molecule has 0 spiro atoms. The van der Waals surface area contributed by atoms with Crippen molar-refractivity contribution in [1.82, 2.24) is 5.32 Å². The number of hydrogen-bond donors (Lipinski definition) is 1. The summed E-state index contributed by atoms with van der Waals surface area (Å²) in [6.07, 6.45) is 2.21. The third kappa shape index (κ3) is 4.40. The van der Waals surface area contributed by atoms with E-state index in [1.165, 1.54) is 5.56 Å². The van der Waals surface area contributed by atoms with E-state index in [2.05, 4.69) is 18.3 Å². The Kier molecular flexibility index (Phi) is 5.71. The lowest BCUT2D eigenvalue weighted by Gasteiger charge is -2.18. The van der Waals surface area contributed by atoms with Crippen molar-refractivity contribution in [3.63, 3.8) is 0 Å². The molecule has 1 N–H and O–H groups in total. The summed E-state index contributed by atoms with van der Waals surface area (Å²) in [4.78, 5) is 12.7. The molecule has 2 aromatic carbocycles. The molecular weight excluding hydrogens is 314 g/mol. The number of carbonyl (C=O) groups is 1. The van der Waals surface area contributed by atoms with Crippen LogP contribution in [0.25, 0.3) is 0 Å². The predicted molar refractivity (Wildman–Crippen MR) is 98.0 cm³/mol. The highest BCUT2D eigenvalue weighted by Crippen LogP contribution is 2.22.